The smallest absolute Gasteiger partial charge is 0.180 e. The molecule has 0 aliphatic carbocycles. The number of nitrogen functional groups attached to an aromatic ring is 1. The monoisotopic (exact) mass is 268 g/mol. The molecule has 2 N–H and O–H groups in total. The van der Waals surface area contributed by atoms with Gasteiger partial charge in [-0.3, -0.25) is 0 Å². The molecule has 0 unspecified atom stereocenters. The summed E-state index contributed by atoms with van der Waals surface area (Å²) in [5, 5.41) is 3.19. The van der Waals surface area contributed by atoms with Gasteiger partial charge in [-0.15, -0.1) is 11.3 Å². The van der Waals surface area contributed by atoms with Crippen molar-refractivity contribution in [3.63, 3.8) is 0 Å². The molecule has 0 aliphatic heterocycles. The fraction of sp³-hybridized carbons (Fsp3) is 0.250. The number of halogens is 1. The maximum atomic E-state index is 5.96. The lowest BCUT2D eigenvalue weighted by Crippen LogP contribution is -1.99. The Labute approximate surface area is 109 Å². The van der Waals surface area contributed by atoms with Gasteiger partial charge in [0.1, 0.15) is 12.4 Å². The molecule has 17 heavy (non-hydrogen) atoms. The zero-order valence-electron chi connectivity index (χ0n) is 9.66. The molecule has 1 aromatic heterocycles. The van der Waals surface area contributed by atoms with E-state index in [0.717, 1.165) is 27.6 Å². The molecule has 2 rings (SSSR count). The number of benzene rings is 1. The van der Waals surface area contributed by atoms with Crippen LogP contribution in [-0.4, -0.2) is 4.98 Å². The summed E-state index contributed by atoms with van der Waals surface area (Å²) in [6.45, 7) is 4.38. The normalized spacial score (nSPS) is 10.5. The molecule has 0 saturated carbocycles. The van der Waals surface area contributed by atoms with E-state index >= 15 is 0 Å². The van der Waals surface area contributed by atoms with Gasteiger partial charge in [-0.1, -0.05) is 11.6 Å². The average molecular weight is 269 g/mol. The van der Waals surface area contributed by atoms with Crippen molar-refractivity contribution >= 4 is 28.1 Å². The second kappa shape index (κ2) is 4.94. The zero-order chi connectivity index (χ0) is 12.4. The van der Waals surface area contributed by atoms with Gasteiger partial charge in [-0.25, -0.2) is 4.98 Å². The van der Waals surface area contributed by atoms with Crippen LogP contribution < -0.4 is 10.5 Å². The number of rotatable bonds is 3. The summed E-state index contributed by atoms with van der Waals surface area (Å²) in [4.78, 5) is 4.15. The first-order valence-electron chi connectivity index (χ1n) is 5.15. The molecule has 0 amide bonds. The van der Waals surface area contributed by atoms with Gasteiger partial charge in [0.2, 0.25) is 0 Å². The Balaban J connectivity index is 2.14. The van der Waals surface area contributed by atoms with Crippen LogP contribution in [0.4, 0.5) is 5.13 Å². The molecule has 90 valence electrons. The highest BCUT2D eigenvalue weighted by Gasteiger charge is 2.07. The van der Waals surface area contributed by atoms with Gasteiger partial charge < -0.3 is 10.5 Å². The minimum Gasteiger partial charge on any atom is -0.487 e. The largest absolute Gasteiger partial charge is 0.487 e. The maximum absolute atomic E-state index is 5.96. The van der Waals surface area contributed by atoms with Crippen LogP contribution in [0.25, 0.3) is 0 Å². The first-order chi connectivity index (χ1) is 8.06. The minimum absolute atomic E-state index is 0.428. The van der Waals surface area contributed by atoms with E-state index in [0.29, 0.717) is 11.7 Å². The van der Waals surface area contributed by atoms with Gasteiger partial charge in [0.15, 0.2) is 5.13 Å². The number of thiazole rings is 1. The van der Waals surface area contributed by atoms with E-state index < -0.39 is 0 Å². The van der Waals surface area contributed by atoms with Gasteiger partial charge in [0.25, 0.3) is 0 Å². The van der Waals surface area contributed by atoms with E-state index in [4.69, 9.17) is 22.1 Å². The van der Waals surface area contributed by atoms with E-state index in [-0.39, 0.29) is 0 Å². The second-order valence-corrected chi connectivity index (χ2v) is 5.16. The third kappa shape index (κ3) is 2.90. The van der Waals surface area contributed by atoms with Crippen LogP contribution in [0.5, 0.6) is 5.75 Å². The summed E-state index contributed by atoms with van der Waals surface area (Å²) in [5.41, 5.74) is 8.46. The van der Waals surface area contributed by atoms with Crippen molar-refractivity contribution in [2.75, 3.05) is 5.73 Å². The number of nitrogens with zero attached hydrogens (tertiary/aromatic N) is 1. The highest BCUT2D eigenvalue weighted by Crippen LogP contribution is 2.27. The van der Waals surface area contributed by atoms with Crippen molar-refractivity contribution in [2.24, 2.45) is 0 Å². The summed E-state index contributed by atoms with van der Waals surface area (Å²) in [5.74, 6) is 0.862. The topological polar surface area (TPSA) is 48.1 Å². The summed E-state index contributed by atoms with van der Waals surface area (Å²) < 4.78 is 5.75. The highest BCUT2D eigenvalue weighted by molar-refractivity contribution is 7.13. The number of hydrogen-bond acceptors (Lipinski definition) is 4. The van der Waals surface area contributed by atoms with Gasteiger partial charge in [-0.05, 0) is 37.1 Å². The van der Waals surface area contributed by atoms with E-state index in [1.54, 1.807) is 0 Å². The van der Waals surface area contributed by atoms with Gasteiger partial charge in [0, 0.05) is 10.4 Å². The van der Waals surface area contributed by atoms with Crippen LogP contribution in [-0.2, 0) is 6.61 Å². The van der Waals surface area contributed by atoms with E-state index in [1.165, 1.54) is 11.3 Å². The standard InChI is InChI=1S/C12H13ClN2OS/c1-7-3-9(13)4-8(2)11(7)16-5-10-6-17-12(14)15-10/h3-4,6H,5H2,1-2H3,(H2,14,15). The molecule has 0 spiro atoms. The minimum atomic E-state index is 0.428. The van der Waals surface area contributed by atoms with Crippen molar-refractivity contribution in [1.82, 2.24) is 4.98 Å². The lowest BCUT2D eigenvalue weighted by Gasteiger charge is -2.11. The first-order valence-corrected chi connectivity index (χ1v) is 6.41. The van der Waals surface area contributed by atoms with Gasteiger partial charge >= 0.3 is 0 Å². The number of ether oxygens (including phenoxy) is 1. The van der Waals surface area contributed by atoms with E-state index in [1.807, 2.05) is 31.4 Å². The Morgan fingerprint density at radius 3 is 2.53 bits per heavy atom. The van der Waals surface area contributed by atoms with Crippen LogP contribution in [0, 0.1) is 13.8 Å². The number of aromatic nitrogens is 1. The quantitative estimate of drug-likeness (QED) is 0.926. The SMILES string of the molecule is Cc1cc(Cl)cc(C)c1OCc1csc(N)n1. The number of aryl methyl sites for hydroxylation is 2. The van der Waals surface area contributed by atoms with Crippen molar-refractivity contribution in [3.05, 3.63) is 39.4 Å². The lowest BCUT2D eigenvalue weighted by molar-refractivity contribution is 0.298. The van der Waals surface area contributed by atoms with Crippen molar-refractivity contribution < 1.29 is 4.74 Å². The molecule has 0 aliphatic rings. The van der Waals surface area contributed by atoms with Crippen molar-refractivity contribution in [1.29, 1.82) is 0 Å². The summed E-state index contributed by atoms with van der Waals surface area (Å²) in [6.07, 6.45) is 0. The Morgan fingerprint density at radius 1 is 1.35 bits per heavy atom. The molecule has 1 aromatic carbocycles. The summed E-state index contributed by atoms with van der Waals surface area (Å²) in [6, 6.07) is 3.78. The number of anilines is 1. The molecular weight excluding hydrogens is 256 g/mol. The molecule has 5 heteroatoms. The highest BCUT2D eigenvalue weighted by atomic mass is 35.5. The third-order valence-electron chi connectivity index (χ3n) is 2.36. The van der Waals surface area contributed by atoms with Crippen LogP contribution in [0.1, 0.15) is 16.8 Å². The third-order valence-corrected chi connectivity index (χ3v) is 3.30. The predicted molar refractivity (Wildman–Crippen MR) is 71.8 cm³/mol. The predicted octanol–water partition coefficient (Wildman–Crippen LogP) is 3.57. The number of nitrogens with two attached hydrogens (primary N) is 1. The van der Waals surface area contributed by atoms with Crippen LogP contribution in [0.15, 0.2) is 17.5 Å². The fourth-order valence-corrected chi connectivity index (χ4v) is 2.53. The van der Waals surface area contributed by atoms with Crippen LogP contribution in [0.2, 0.25) is 5.02 Å². The molecule has 0 radical (unpaired) electrons. The zero-order valence-corrected chi connectivity index (χ0v) is 11.2. The molecule has 0 atom stereocenters. The van der Waals surface area contributed by atoms with Crippen molar-refractivity contribution in [3.8, 4) is 5.75 Å². The molecule has 3 nitrogen and oxygen atoms in total. The Morgan fingerprint density at radius 2 is 2.00 bits per heavy atom. The summed E-state index contributed by atoms with van der Waals surface area (Å²) >= 11 is 7.38. The van der Waals surface area contributed by atoms with Gasteiger partial charge in [-0.2, -0.15) is 0 Å². The molecular formula is C12H13ClN2OS. The van der Waals surface area contributed by atoms with Crippen LogP contribution in [0.3, 0.4) is 0 Å². The van der Waals surface area contributed by atoms with Crippen molar-refractivity contribution in [2.45, 2.75) is 20.5 Å². The molecule has 0 saturated heterocycles. The Bertz CT molecular complexity index is 516. The number of hydrogen-bond donors (Lipinski definition) is 1. The molecule has 0 bridgehead atoms. The maximum Gasteiger partial charge on any atom is 0.180 e. The molecule has 0 fully saturated rings. The second-order valence-electron chi connectivity index (χ2n) is 3.83. The lowest BCUT2D eigenvalue weighted by atomic mass is 10.1. The van der Waals surface area contributed by atoms with Gasteiger partial charge in [0.05, 0.1) is 5.69 Å². The molecule has 2 aromatic rings. The van der Waals surface area contributed by atoms with E-state index in [9.17, 15) is 0 Å². The molecule has 1 heterocycles. The fourth-order valence-electron chi connectivity index (χ4n) is 1.66. The Kier molecular flexibility index (Phi) is 3.54. The summed E-state index contributed by atoms with van der Waals surface area (Å²) in [7, 11) is 0. The Hall–Kier alpha value is -1.26. The average Bonchev–Trinajstić information content (AvgIpc) is 2.62. The van der Waals surface area contributed by atoms with E-state index in [2.05, 4.69) is 4.98 Å². The van der Waals surface area contributed by atoms with Crippen LogP contribution >= 0.6 is 22.9 Å². The first kappa shape index (κ1) is 12.2.